The van der Waals surface area contributed by atoms with Gasteiger partial charge in [0.05, 0.1) is 26.4 Å². The van der Waals surface area contributed by atoms with Crippen LogP contribution in [0.1, 0.15) is 349 Å². The van der Waals surface area contributed by atoms with Gasteiger partial charge >= 0.3 is 39.5 Å². The van der Waals surface area contributed by atoms with Crippen molar-refractivity contribution in [2.75, 3.05) is 39.6 Å². The number of ether oxygens (including phenoxy) is 4. The number of unbranched alkanes of at least 4 members (excludes halogenated alkanes) is 30. The minimum Gasteiger partial charge on any atom is -0.462 e. The Kier molecular flexibility index (Phi) is 78.2. The first kappa shape index (κ1) is 105. The van der Waals surface area contributed by atoms with Crippen LogP contribution in [0.3, 0.4) is 0 Å². The molecule has 0 aromatic rings. The Bertz CT molecular complexity index is 2650. The van der Waals surface area contributed by atoms with Crippen LogP contribution < -0.4 is 0 Å². The quantitative estimate of drug-likeness (QED) is 0.0169. The summed E-state index contributed by atoms with van der Waals surface area (Å²) in [6.07, 6.45) is 95.1. The van der Waals surface area contributed by atoms with Crippen molar-refractivity contribution in [3.8, 4) is 0 Å². The van der Waals surface area contributed by atoms with Gasteiger partial charge in [-0.05, 0) is 167 Å². The molecule has 0 spiro atoms. The summed E-state index contributed by atoms with van der Waals surface area (Å²) < 4.78 is 68.8. The fourth-order valence-electron chi connectivity index (χ4n) is 11.3. The summed E-state index contributed by atoms with van der Waals surface area (Å²) in [5.41, 5.74) is 0. The minimum absolute atomic E-state index is 0.0729. The first-order valence-electron chi connectivity index (χ1n) is 43.1. The minimum atomic E-state index is -4.99. The highest BCUT2D eigenvalue weighted by Crippen LogP contribution is 2.45. The molecule has 0 aromatic carbocycles. The number of hydrogen-bond donors (Lipinski definition) is 3. The molecule has 0 amide bonds. The number of phosphoric acid groups is 2. The molecule has 0 rings (SSSR count). The van der Waals surface area contributed by atoms with Crippen molar-refractivity contribution in [3.05, 3.63) is 146 Å². The maximum atomic E-state index is 13.1. The molecule has 0 radical (unpaired) electrons. The molecule has 19 heteroatoms. The summed E-state index contributed by atoms with van der Waals surface area (Å²) in [4.78, 5) is 73.3. The number of carbonyl (C=O) groups is 4. The van der Waals surface area contributed by atoms with Gasteiger partial charge < -0.3 is 33.8 Å². The van der Waals surface area contributed by atoms with Crippen LogP contribution in [0.25, 0.3) is 0 Å². The van der Waals surface area contributed by atoms with E-state index in [1.165, 1.54) is 38.5 Å². The van der Waals surface area contributed by atoms with Gasteiger partial charge in [-0.15, -0.1) is 0 Å². The van der Waals surface area contributed by atoms with E-state index in [9.17, 15) is 43.2 Å². The Labute approximate surface area is 668 Å². The van der Waals surface area contributed by atoms with Crippen molar-refractivity contribution < 1.29 is 80.2 Å². The molecule has 0 heterocycles. The third-order valence-electron chi connectivity index (χ3n) is 17.8. The summed E-state index contributed by atoms with van der Waals surface area (Å²) in [6.45, 7) is 4.58. The number of hydrogen-bond acceptors (Lipinski definition) is 15. The van der Waals surface area contributed by atoms with Gasteiger partial charge in [-0.25, -0.2) is 9.13 Å². The van der Waals surface area contributed by atoms with Gasteiger partial charge in [0.25, 0.3) is 0 Å². The van der Waals surface area contributed by atoms with E-state index in [1.807, 2.05) is 0 Å². The first-order chi connectivity index (χ1) is 53.7. The number of phosphoric ester groups is 2. The highest BCUT2D eigenvalue weighted by atomic mass is 31.2. The summed E-state index contributed by atoms with van der Waals surface area (Å²) in [7, 11) is -9.99. The normalized spacial score (nSPS) is 14.5. The SMILES string of the molecule is CC/C=C\C/C=C\C/C=C\C/C=C\CCCCCCCCC(=O)OCC(COP(=O)(O)OCC(O)COP(=O)(O)OCC(COC(=O)CCCCCCCC/C=C\C/C=C\C/C=C\CCCCC)OC(=O)CCCCCCC/C=C\C/C=C\CCCCC)OC(=O)CCCCCCCCC/C=C\C/C=C\C/C=C\CC. The largest absolute Gasteiger partial charge is 0.472 e. The van der Waals surface area contributed by atoms with Gasteiger partial charge in [-0.2, -0.15) is 0 Å². The molecule has 0 fully saturated rings. The Hall–Kier alpha value is -5.06. The van der Waals surface area contributed by atoms with E-state index in [1.54, 1.807) is 0 Å². The molecule has 0 aliphatic heterocycles. The third kappa shape index (κ3) is 81.0. The maximum Gasteiger partial charge on any atom is 0.472 e. The summed E-state index contributed by atoms with van der Waals surface area (Å²) in [6, 6.07) is 0. The van der Waals surface area contributed by atoms with Crippen LogP contribution in [-0.2, 0) is 65.4 Å². The van der Waals surface area contributed by atoms with Gasteiger partial charge in [0, 0.05) is 25.7 Å². The van der Waals surface area contributed by atoms with Gasteiger partial charge in [-0.1, -0.05) is 302 Å². The fourth-order valence-corrected chi connectivity index (χ4v) is 12.8. The number of esters is 4. The lowest BCUT2D eigenvalue weighted by molar-refractivity contribution is -0.161. The Balaban J connectivity index is 5.41. The van der Waals surface area contributed by atoms with Crippen LogP contribution in [-0.4, -0.2) is 96.7 Å². The molecule has 110 heavy (non-hydrogen) atoms. The van der Waals surface area contributed by atoms with Crippen LogP contribution in [0.4, 0.5) is 0 Å². The molecule has 0 aromatic heterocycles. The number of carbonyl (C=O) groups excluding carboxylic acids is 4. The molecule has 5 atom stereocenters. The molecule has 5 unspecified atom stereocenters. The van der Waals surface area contributed by atoms with Crippen LogP contribution in [0.5, 0.6) is 0 Å². The summed E-state index contributed by atoms with van der Waals surface area (Å²) in [5.74, 6) is -2.22. The van der Waals surface area contributed by atoms with Crippen molar-refractivity contribution in [2.24, 2.45) is 0 Å². The van der Waals surface area contributed by atoms with Crippen LogP contribution >= 0.6 is 15.6 Å². The van der Waals surface area contributed by atoms with Crippen LogP contribution in [0.2, 0.25) is 0 Å². The van der Waals surface area contributed by atoms with E-state index in [-0.39, 0.29) is 25.7 Å². The second-order valence-electron chi connectivity index (χ2n) is 28.4. The van der Waals surface area contributed by atoms with Crippen molar-refractivity contribution in [1.82, 2.24) is 0 Å². The van der Waals surface area contributed by atoms with E-state index in [0.29, 0.717) is 25.7 Å². The zero-order valence-electron chi connectivity index (χ0n) is 69.1. The lowest BCUT2D eigenvalue weighted by Crippen LogP contribution is -2.30. The second kappa shape index (κ2) is 81.9. The Morgan fingerprint density at radius 2 is 0.473 bits per heavy atom. The van der Waals surface area contributed by atoms with Crippen molar-refractivity contribution in [3.63, 3.8) is 0 Å². The predicted octanol–water partition coefficient (Wildman–Crippen LogP) is 25.8. The van der Waals surface area contributed by atoms with E-state index in [0.717, 1.165) is 231 Å². The number of aliphatic hydroxyl groups excluding tert-OH is 1. The van der Waals surface area contributed by atoms with Gasteiger partial charge in [0.1, 0.15) is 19.3 Å². The van der Waals surface area contributed by atoms with Gasteiger partial charge in [0.15, 0.2) is 12.2 Å². The van der Waals surface area contributed by atoms with Crippen molar-refractivity contribution in [1.29, 1.82) is 0 Å². The zero-order chi connectivity index (χ0) is 80.3. The van der Waals surface area contributed by atoms with E-state index in [4.69, 9.17) is 37.0 Å². The van der Waals surface area contributed by atoms with Gasteiger partial charge in [0.2, 0.25) is 0 Å². The first-order valence-corrected chi connectivity index (χ1v) is 46.1. The summed E-state index contributed by atoms with van der Waals surface area (Å²) in [5, 5.41) is 10.7. The maximum absolute atomic E-state index is 13.1. The second-order valence-corrected chi connectivity index (χ2v) is 31.3. The van der Waals surface area contributed by atoms with Gasteiger partial charge in [-0.3, -0.25) is 37.3 Å². The molecule has 0 bridgehead atoms. The standard InChI is InChI=1S/C91H154O17P2/c1-5-9-13-17-21-25-29-33-37-40-42-45-48-51-55-59-63-67-71-75-88(93)101-81-86(107-90(95)77-73-69-65-61-57-53-47-36-32-28-24-20-16-12-8-4)83-105-109(97,98)103-79-85(92)80-104-110(99,100)106-84-87(108-91(96)78-74-70-66-62-58-54-50-44-39-35-31-27-23-19-15-11-7-3)82-102-89(94)76-72-68-64-60-56-52-49-46-43-41-38-34-30-26-22-18-14-10-6-2/h10-11,14-15,21-28,33-39,42-43,45-47,85-87,92H,5-9,12-13,16-20,29-32,40-41,44,48-84H2,1-4H3,(H,97,98)(H,99,100)/b14-10-,15-11-,25-21-,26-22-,27-23-,28-24-,37-33-,38-34-,39-35-,45-42-,46-43-,47-36-. The smallest absolute Gasteiger partial charge is 0.462 e. The summed E-state index contributed by atoms with van der Waals surface area (Å²) >= 11 is 0. The lowest BCUT2D eigenvalue weighted by Gasteiger charge is -2.21. The molecular formula is C91H154O17P2. The van der Waals surface area contributed by atoms with Crippen molar-refractivity contribution in [2.45, 2.75) is 367 Å². The number of aliphatic hydroxyl groups is 1. The molecule has 630 valence electrons. The van der Waals surface area contributed by atoms with E-state index in [2.05, 4.69) is 174 Å². The molecule has 3 N–H and O–H groups in total. The molecule has 0 saturated heterocycles. The zero-order valence-corrected chi connectivity index (χ0v) is 70.9. The average molecular weight is 1580 g/mol. The molecule has 0 aliphatic rings. The highest BCUT2D eigenvalue weighted by molar-refractivity contribution is 7.47. The van der Waals surface area contributed by atoms with Crippen molar-refractivity contribution >= 4 is 39.5 Å². The predicted molar refractivity (Wildman–Crippen MR) is 454 cm³/mol. The monoisotopic (exact) mass is 1580 g/mol. The molecule has 0 saturated carbocycles. The highest BCUT2D eigenvalue weighted by Gasteiger charge is 2.30. The third-order valence-corrected chi connectivity index (χ3v) is 19.7. The number of allylic oxidation sites excluding steroid dienone is 24. The van der Waals surface area contributed by atoms with E-state index < -0.39 is 97.5 Å². The lowest BCUT2D eigenvalue weighted by atomic mass is 10.1. The van der Waals surface area contributed by atoms with Crippen LogP contribution in [0, 0.1) is 0 Å². The fraction of sp³-hybridized carbons (Fsp3) is 0.692. The molecule has 17 nitrogen and oxygen atoms in total. The Morgan fingerprint density at radius 3 is 0.727 bits per heavy atom. The topological polar surface area (TPSA) is 237 Å². The Morgan fingerprint density at radius 1 is 0.264 bits per heavy atom. The van der Waals surface area contributed by atoms with E-state index >= 15 is 0 Å². The van der Waals surface area contributed by atoms with Crippen LogP contribution in [0.15, 0.2) is 146 Å². The average Bonchev–Trinajstić information content (AvgIpc) is 0.906. The molecular weight excluding hydrogens is 1430 g/mol. The number of rotatable bonds is 80. The molecule has 0 aliphatic carbocycles.